The van der Waals surface area contributed by atoms with E-state index in [1.165, 1.54) is 0 Å². The lowest BCUT2D eigenvalue weighted by Crippen LogP contribution is -2.23. The van der Waals surface area contributed by atoms with Gasteiger partial charge in [0.05, 0.1) is 23.8 Å². The summed E-state index contributed by atoms with van der Waals surface area (Å²) in [4.78, 5) is 24.8. The minimum Gasteiger partial charge on any atom is -0.352 e. The molecular weight excluding hydrogens is 424 g/mol. The Bertz CT molecular complexity index is 1420. The summed E-state index contributed by atoms with van der Waals surface area (Å²) in [6.45, 7) is 3.21. The first-order chi connectivity index (χ1) is 15.6. The van der Waals surface area contributed by atoms with Crippen molar-refractivity contribution in [2.24, 2.45) is 0 Å². The Kier molecular flexibility index (Phi) is 5.33. The molecule has 32 heavy (non-hydrogen) atoms. The quantitative estimate of drug-likeness (QED) is 0.393. The summed E-state index contributed by atoms with van der Waals surface area (Å²) < 4.78 is 1.92. The third kappa shape index (κ3) is 3.71. The van der Waals surface area contributed by atoms with E-state index in [-0.39, 0.29) is 5.91 Å². The maximum Gasteiger partial charge on any atom is 0.255 e. The van der Waals surface area contributed by atoms with Gasteiger partial charge in [0, 0.05) is 23.2 Å². The van der Waals surface area contributed by atoms with Crippen molar-refractivity contribution in [3.05, 3.63) is 77.1 Å². The summed E-state index contributed by atoms with van der Waals surface area (Å²) in [6, 6.07) is 15.8. The van der Waals surface area contributed by atoms with Crippen molar-refractivity contribution in [1.82, 2.24) is 30.0 Å². The molecule has 1 amide bonds. The molecule has 3 heterocycles. The summed E-state index contributed by atoms with van der Waals surface area (Å²) in [5.41, 5.74) is 4.89. The summed E-state index contributed by atoms with van der Waals surface area (Å²) in [5.74, 6) is -0.171. The number of rotatable bonds is 6. The average Bonchev–Trinajstić information content (AvgIpc) is 3.39. The van der Waals surface area contributed by atoms with Crippen LogP contribution in [-0.2, 0) is 6.54 Å². The zero-order valence-corrected chi connectivity index (χ0v) is 18.2. The highest BCUT2D eigenvalue weighted by molar-refractivity contribution is 6.31. The van der Waals surface area contributed by atoms with Crippen LogP contribution in [0, 0.1) is 0 Å². The Hall–Kier alpha value is -3.71. The number of hydrogen-bond donors (Lipinski definition) is 2. The fourth-order valence-corrected chi connectivity index (χ4v) is 3.89. The average molecular weight is 445 g/mol. The monoisotopic (exact) mass is 444 g/mol. The Morgan fingerprint density at radius 3 is 2.84 bits per heavy atom. The molecule has 0 radical (unpaired) electrons. The van der Waals surface area contributed by atoms with Crippen molar-refractivity contribution in [3.63, 3.8) is 0 Å². The molecule has 160 valence electrons. The Morgan fingerprint density at radius 1 is 1.19 bits per heavy atom. The second kappa shape index (κ2) is 8.43. The van der Waals surface area contributed by atoms with E-state index in [4.69, 9.17) is 21.7 Å². The van der Waals surface area contributed by atoms with Crippen LogP contribution in [0.15, 0.2) is 60.9 Å². The number of aromatic amines is 1. The van der Waals surface area contributed by atoms with E-state index in [0.29, 0.717) is 46.2 Å². The normalized spacial score (nSPS) is 11.3. The molecule has 0 saturated carbocycles. The highest BCUT2D eigenvalue weighted by Crippen LogP contribution is 2.30. The van der Waals surface area contributed by atoms with Gasteiger partial charge in [-0.05, 0) is 30.2 Å². The van der Waals surface area contributed by atoms with Crippen LogP contribution in [0.3, 0.4) is 0 Å². The molecular formula is C24H21ClN6O. The van der Waals surface area contributed by atoms with Crippen LogP contribution in [0.1, 0.15) is 29.3 Å². The minimum atomic E-state index is -0.171. The summed E-state index contributed by atoms with van der Waals surface area (Å²) >= 11 is 6.29. The van der Waals surface area contributed by atoms with E-state index in [0.717, 1.165) is 22.9 Å². The summed E-state index contributed by atoms with van der Waals surface area (Å²) in [5, 5.41) is 9.31. The van der Waals surface area contributed by atoms with Crippen molar-refractivity contribution in [2.45, 2.75) is 19.9 Å². The number of nitrogens with zero attached hydrogens (tertiary/aromatic N) is 4. The molecule has 0 bridgehead atoms. The highest BCUT2D eigenvalue weighted by atomic mass is 35.5. The number of amides is 1. The number of aromatic nitrogens is 5. The van der Waals surface area contributed by atoms with E-state index < -0.39 is 0 Å². The zero-order valence-electron chi connectivity index (χ0n) is 17.5. The van der Waals surface area contributed by atoms with Gasteiger partial charge in [0.15, 0.2) is 5.65 Å². The lowest BCUT2D eigenvalue weighted by atomic mass is 10.1. The van der Waals surface area contributed by atoms with Gasteiger partial charge in [0.2, 0.25) is 0 Å². The van der Waals surface area contributed by atoms with Crippen molar-refractivity contribution in [3.8, 4) is 11.4 Å². The number of halogens is 1. The molecule has 5 aromatic rings. The molecule has 3 aromatic heterocycles. The molecule has 0 fully saturated rings. The van der Waals surface area contributed by atoms with Crippen molar-refractivity contribution >= 4 is 39.6 Å². The predicted molar refractivity (Wildman–Crippen MR) is 126 cm³/mol. The number of carbonyl (C=O) groups excluding carboxylic acids is 1. The van der Waals surface area contributed by atoms with Gasteiger partial charge in [-0.15, -0.1) is 0 Å². The number of H-pyrrole nitrogens is 1. The number of carbonyl (C=O) groups is 1. The maximum atomic E-state index is 12.6. The molecule has 0 aliphatic heterocycles. The zero-order chi connectivity index (χ0) is 22.1. The van der Waals surface area contributed by atoms with Gasteiger partial charge in [0.1, 0.15) is 16.9 Å². The Morgan fingerprint density at radius 2 is 2.03 bits per heavy atom. The maximum absolute atomic E-state index is 12.6. The number of nitrogens with one attached hydrogen (secondary N) is 2. The van der Waals surface area contributed by atoms with Crippen LogP contribution in [0.25, 0.3) is 33.5 Å². The van der Waals surface area contributed by atoms with E-state index in [1.54, 1.807) is 12.4 Å². The van der Waals surface area contributed by atoms with Gasteiger partial charge in [-0.25, -0.2) is 9.97 Å². The number of benzene rings is 2. The van der Waals surface area contributed by atoms with Crippen LogP contribution < -0.4 is 5.32 Å². The molecule has 2 N–H and O–H groups in total. The van der Waals surface area contributed by atoms with Crippen molar-refractivity contribution in [1.29, 1.82) is 0 Å². The smallest absolute Gasteiger partial charge is 0.255 e. The second-order valence-corrected chi connectivity index (χ2v) is 8.00. The lowest BCUT2D eigenvalue weighted by Gasteiger charge is -2.04. The van der Waals surface area contributed by atoms with Crippen LogP contribution in [0.5, 0.6) is 0 Å². The number of fused-ring (bicyclic) bond motifs is 2. The van der Waals surface area contributed by atoms with E-state index in [2.05, 4.69) is 27.4 Å². The number of hydrogen-bond acceptors (Lipinski definition) is 4. The van der Waals surface area contributed by atoms with Crippen LogP contribution in [0.2, 0.25) is 5.02 Å². The molecule has 7 nitrogen and oxygen atoms in total. The second-order valence-electron chi connectivity index (χ2n) is 7.56. The molecule has 2 aromatic carbocycles. The lowest BCUT2D eigenvalue weighted by molar-refractivity contribution is 0.0955. The first kappa shape index (κ1) is 20.2. The van der Waals surface area contributed by atoms with E-state index in [1.807, 2.05) is 48.0 Å². The third-order valence-electron chi connectivity index (χ3n) is 5.29. The van der Waals surface area contributed by atoms with Crippen LogP contribution >= 0.6 is 11.6 Å². The van der Waals surface area contributed by atoms with Crippen LogP contribution in [-0.4, -0.2) is 37.2 Å². The SMILES string of the molecule is CCCNC(=O)c1c[nH]c2ncc(-c3nn(Cc4ccccc4)c4cc(Cl)ccc34)nc12. The molecule has 0 aliphatic carbocycles. The van der Waals surface area contributed by atoms with Gasteiger partial charge in [0.25, 0.3) is 5.91 Å². The largest absolute Gasteiger partial charge is 0.352 e. The highest BCUT2D eigenvalue weighted by Gasteiger charge is 2.18. The molecule has 8 heteroatoms. The van der Waals surface area contributed by atoms with Gasteiger partial charge in [-0.3, -0.25) is 9.48 Å². The molecule has 5 rings (SSSR count). The topological polar surface area (TPSA) is 88.5 Å². The van der Waals surface area contributed by atoms with E-state index >= 15 is 0 Å². The van der Waals surface area contributed by atoms with E-state index in [9.17, 15) is 4.79 Å². The Balaban J connectivity index is 1.62. The van der Waals surface area contributed by atoms with Gasteiger partial charge >= 0.3 is 0 Å². The Labute approximate surface area is 189 Å². The minimum absolute atomic E-state index is 0.171. The summed E-state index contributed by atoms with van der Waals surface area (Å²) in [6.07, 6.45) is 4.18. The summed E-state index contributed by atoms with van der Waals surface area (Å²) in [7, 11) is 0. The first-order valence-corrected chi connectivity index (χ1v) is 10.8. The van der Waals surface area contributed by atoms with Crippen molar-refractivity contribution in [2.75, 3.05) is 6.54 Å². The molecule has 0 atom stereocenters. The molecule has 0 unspecified atom stereocenters. The predicted octanol–water partition coefficient (Wildman–Crippen LogP) is 4.82. The van der Waals surface area contributed by atoms with Gasteiger partial charge < -0.3 is 10.3 Å². The van der Waals surface area contributed by atoms with Crippen LogP contribution in [0.4, 0.5) is 0 Å². The third-order valence-corrected chi connectivity index (χ3v) is 5.53. The molecule has 0 spiro atoms. The molecule has 0 saturated heterocycles. The molecule has 0 aliphatic rings. The fraction of sp³-hybridized carbons (Fsp3) is 0.167. The fourth-order valence-electron chi connectivity index (χ4n) is 3.73. The van der Waals surface area contributed by atoms with Crippen molar-refractivity contribution < 1.29 is 4.79 Å². The van der Waals surface area contributed by atoms with Gasteiger partial charge in [-0.2, -0.15) is 5.10 Å². The standard InChI is InChI=1S/C24H21ClN6O/c1-2-10-26-24(32)18-12-27-23-22(18)29-19(13-28-23)21-17-9-8-16(25)11-20(17)31(30-21)14-15-6-4-3-5-7-15/h3-9,11-13H,2,10,14H2,1H3,(H,26,32)(H,27,28). The first-order valence-electron chi connectivity index (χ1n) is 10.5. The van der Waals surface area contributed by atoms with Gasteiger partial charge in [-0.1, -0.05) is 48.9 Å².